The first-order valence-electron chi connectivity index (χ1n) is 8.17. The first kappa shape index (κ1) is 18.0. The van der Waals surface area contributed by atoms with Gasteiger partial charge in [0.25, 0.3) is 5.89 Å². The summed E-state index contributed by atoms with van der Waals surface area (Å²) in [5.74, 6) is 0.743. The summed E-state index contributed by atoms with van der Waals surface area (Å²) in [6.45, 7) is 0.494. The fraction of sp³-hybridized carbons (Fsp3) is 0.500. The van der Waals surface area contributed by atoms with Crippen molar-refractivity contribution in [2.75, 3.05) is 20.3 Å². The first-order valence-corrected chi connectivity index (χ1v) is 9.65. The monoisotopic (exact) mass is 366 g/mol. The average molecular weight is 366 g/mol. The molecule has 1 heterocycles. The van der Waals surface area contributed by atoms with E-state index in [2.05, 4.69) is 14.9 Å². The maximum atomic E-state index is 12.3. The minimum atomic E-state index is -3.63. The lowest BCUT2D eigenvalue weighted by molar-refractivity contribution is 0.204. The highest BCUT2D eigenvalue weighted by Gasteiger charge is 2.36. The Morgan fingerprint density at radius 1 is 1.36 bits per heavy atom. The van der Waals surface area contributed by atoms with E-state index in [0.29, 0.717) is 18.0 Å². The molecule has 0 radical (unpaired) electrons. The van der Waals surface area contributed by atoms with Crippen molar-refractivity contribution in [3.05, 3.63) is 30.1 Å². The molecule has 1 fully saturated rings. The summed E-state index contributed by atoms with van der Waals surface area (Å²) in [6, 6.07) is 6.38. The van der Waals surface area contributed by atoms with Gasteiger partial charge in [0, 0.05) is 19.2 Å². The zero-order chi connectivity index (χ0) is 17.9. The Hall–Kier alpha value is -1.81. The van der Waals surface area contributed by atoms with E-state index in [4.69, 9.17) is 15.0 Å². The summed E-state index contributed by atoms with van der Waals surface area (Å²) in [5, 5.41) is 4.01. The van der Waals surface area contributed by atoms with Gasteiger partial charge in [-0.25, -0.2) is 13.1 Å². The quantitative estimate of drug-likeness (QED) is 0.710. The van der Waals surface area contributed by atoms with Crippen LogP contribution in [0.5, 0.6) is 0 Å². The van der Waals surface area contributed by atoms with E-state index >= 15 is 0 Å². The summed E-state index contributed by atoms with van der Waals surface area (Å²) in [7, 11) is -2.12. The van der Waals surface area contributed by atoms with E-state index in [1.54, 1.807) is 12.1 Å². The zero-order valence-electron chi connectivity index (χ0n) is 14.1. The predicted molar refractivity (Wildman–Crippen MR) is 91.1 cm³/mol. The van der Waals surface area contributed by atoms with Gasteiger partial charge in [0.05, 0.1) is 17.0 Å². The van der Waals surface area contributed by atoms with Gasteiger partial charge in [-0.15, -0.1) is 0 Å². The van der Waals surface area contributed by atoms with Gasteiger partial charge in [-0.2, -0.15) is 4.98 Å². The highest BCUT2D eigenvalue weighted by Crippen LogP contribution is 2.35. The van der Waals surface area contributed by atoms with Crippen molar-refractivity contribution < 1.29 is 17.7 Å². The number of hydrogen-bond donors (Lipinski definition) is 2. The van der Waals surface area contributed by atoms with Gasteiger partial charge in [0.15, 0.2) is 5.82 Å². The van der Waals surface area contributed by atoms with E-state index < -0.39 is 15.6 Å². The average Bonchev–Trinajstić information content (AvgIpc) is 3.25. The van der Waals surface area contributed by atoms with Crippen molar-refractivity contribution in [1.82, 2.24) is 14.9 Å². The van der Waals surface area contributed by atoms with Crippen molar-refractivity contribution in [3.8, 4) is 11.5 Å². The molecule has 0 bridgehead atoms. The van der Waals surface area contributed by atoms with Crippen molar-refractivity contribution in [2.45, 2.75) is 36.1 Å². The van der Waals surface area contributed by atoms with E-state index in [0.717, 1.165) is 25.7 Å². The van der Waals surface area contributed by atoms with Crippen LogP contribution in [0.1, 0.15) is 31.5 Å². The third-order valence-corrected chi connectivity index (χ3v) is 5.82. The Morgan fingerprint density at radius 3 is 2.84 bits per heavy atom. The van der Waals surface area contributed by atoms with E-state index in [1.165, 1.54) is 19.2 Å². The molecule has 1 aromatic heterocycles. The summed E-state index contributed by atoms with van der Waals surface area (Å²) >= 11 is 0. The molecule has 1 aromatic carbocycles. The summed E-state index contributed by atoms with van der Waals surface area (Å²) in [5.41, 5.74) is 6.32. The molecule has 0 saturated heterocycles. The van der Waals surface area contributed by atoms with E-state index in [1.807, 2.05) is 0 Å². The van der Waals surface area contributed by atoms with Crippen LogP contribution in [0.3, 0.4) is 0 Å². The molecule has 25 heavy (non-hydrogen) atoms. The highest BCUT2D eigenvalue weighted by molar-refractivity contribution is 7.89. The Labute approximate surface area is 146 Å². The van der Waals surface area contributed by atoms with Crippen LogP contribution >= 0.6 is 0 Å². The van der Waals surface area contributed by atoms with Gasteiger partial charge >= 0.3 is 0 Å². The van der Waals surface area contributed by atoms with Crippen LogP contribution in [0, 0.1) is 0 Å². The molecule has 2 aromatic rings. The van der Waals surface area contributed by atoms with Gasteiger partial charge < -0.3 is 15.0 Å². The molecule has 3 rings (SSSR count). The van der Waals surface area contributed by atoms with Crippen molar-refractivity contribution >= 4 is 10.0 Å². The lowest BCUT2D eigenvalue weighted by Crippen LogP contribution is -2.34. The van der Waals surface area contributed by atoms with Crippen LogP contribution in [0.15, 0.2) is 33.7 Å². The Morgan fingerprint density at radius 2 is 2.12 bits per heavy atom. The van der Waals surface area contributed by atoms with Crippen molar-refractivity contribution in [1.29, 1.82) is 0 Å². The molecule has 0 aliphatic heterocycles. The second-order valence-electron chi connectivity index (χ2n) is 6.20. The summed E-state index contributed by atoms with van der Waals surface area (Å²) in [4.78, 5) is 4.52. The lowest BCUT2D eigenvalue weighted by atomic mass is 9.99. The summed E-state index contributed by atoms with van der Waals surface area (Å²) < 4.78 is 37.2. The molecule has 0 unspecified atom stereocenters. The Balaban J connectivity index is 1.83. The maximum Gasteiger partial charge on any atom is 0.258 e. The molecule has 0 atom stereocenters. The number of aromatic nitrogens is 2. The number of nitrogens with zero attached hydrogens (tertiary/aromatic N) is 2. The SMILES string of the molecule is COCCNS(=O)(=O)c1cccc(-c2nc(C3(N)CCCC3)no2)c1. The number of hydrogen-bond acceptors (Lipinski definition) is 7. The van der Waals surface area contributed by atoms with Crippen LogP contribution < -0.4 is 10.5 Å². The molecule has 3 N–H and O–H groups in total. The topological polar surface area (TPSA) is 120 Å². The fourth-order valence-corrected chi connectivity index (χ4v) is 3.99. The molecular weight excluding hydrogens is 344 g/mol. The third-order valence-electron chi connectivity index (χ3n) is 4.36. The number of nitrogens with two attached hydrogens (primary N) is 1. The van der Waals surface area contributed by atoms with E-state index in [9.17, 15) is 8.42 Å². The van der Waals surface area contributed by atoms with Crippen LogP contribution in [0.4, 0.5) is 0 Å². The predicted octanol–water partition coefficient (Wildman–Crippen LogP) is 1.39. The van der Waals surface area contributed by atoms with Crippen LogP contribution in [-0.4, -0.2) is 38.8 Å². The molecular formula is C16H22N4O4S. The van der Waals surface area contributed by atoms with Crippen molar-refractivity contribution in [3.63, 3.8) is 0 Å². The number of ether oxygens (including phenoxy) is 1. The summed E-state index contributed by atoms with van der Waals surface area (Å²) in [6.07, 6.45) is 3.73. The molecule has 0 amide bonds. The maximum absolute atomic E-state index is 12.3. The number of rotatable bonds is 7. The zero-order valence-corrected chi connectivity index (χ0v) is 14.9. The van der Waals surface area contributed by atoms with Crippen molar-refractivity contribution in [2.24, 2.45) is 5.73 Å². The Bertz CT molecular complexity index is 828. The van der Waals surface area contributed by atoms with Crippen LogP contribution in [0.2, 0.25) is 0 Å². The molecule has 9 heteroatoms. The third kappa shape index (κ3) is 3.90. The van der Waals surface area contributed by atoms with Gasteiger partial charge in [0.2, 0.25) is 10.0 Å². The standard InChI is InChI=1S/C16H22N4O4S/c1-23-10-9-18-25(21,22)13-6-4-5-12(11-13)14-19-15(20-24-14)16(17)7-2-3-8-16/h4-6,11,18H,2-3,7-10,17H2,1H3. The van der Waals surface area contributed by atoms with Crippen LogP contribution in [-0.2, 0) is 20.3 Å². The second-order valence-corrected chi connectivity index (χ2v) is 7.97. The number of sulfonamides is 1. The highest BCUT2D eigenvalue weighted by atomic mass is 32.2. The van der Waals surface area contributed by atoms with E-state index in [-0.39, 0.29) is 17.3 Å². The fourth-order valence-electron chi connectivity index (χ4n) is 2.93. The first-order chi connectivity index (χ1) is 11.9. The number of benzene rings is 1. The minimum absolute atomic E-state index is 0.129. The van der Waals surface area contributed by atoms with Gasteiger partial charge in [0.1, 0.15) is 0 Å². The second kappa shape index (κ2) is 7.20. The van der Waals surface area contributed by atoms with Crippen LogP contribution in [0.25, 0.3) is 11.5 Å². The Kier molecular flexibility index (Phi) is 5.19. The minimum Gasteiger partial charge on any atom is -0.383 e. The van der Waals surface area contributed by atoms with Gasteiger partial charge in [-0.05, 0) is 31.0 Å². The molecule has 8 nitrogen and oxygen atoms in total. The molecule has 1 aliphatic carbocycles. The lowest BCUT2D eigenvalue weighted by Gasteiger charge is -2.17. The van der Waals surface area contributed by atoms with Gasteiger partial charge in [-0.3, -0.25) is 0 Å². The molecule has 0 spiro atoms. The molecule has 1 aliphatic rings. The molecule has 136 valence electrons. The smallest absolute Gasteiger partial charge is 0.258 e. The largest absolute Gasteiger partial charge is 0.383 e. The molecule has 1 saturated carbocycles. The normalized spacial score (nSPS) is 17.0. The van der Waals surface area contributed by atoms with Gasteiger partial charge in [-0.1, -0.05) is 24.1 Å². The number of methoxy groups -OCH3 is 1. The number of nitrogens with one attached hydrogen (secondary N) is 1.